The summed E-state index contributed by atoms with van der Waals surface area (Å²) in [5, 5.41) is 17.9. The van der Waals surface area contributed by atoms with Gasteiger partial charge in [-0.25, -0.2) is 4.79 Å². The lowest BCUT2D eigenvalue weighted by atomic mass is 10.0. The Morgan fingerprint density at radius 1 is 1.06 bits per heavy atom. The van der Waals surface area contributed by atoms with Gasteiger partial charge in [0.2, 0.25) is 11.8 Å². The number of nitrogens with one attached hydrogen (secondary N) is 3. The van der Waals surface area contributed by atoms with Crippen molar-refractivity contribution in [2.45, 2.75) is 45.8 Å². The summed E-state index contributed by atoms with van der Waals surface area (Å²) in [5.41, 5.74) is -0.377. The van der Waals surface area contributed by atoms with Crippen LogP contribution in [0, 0.1) is 10.1 Å². The smallest absolute Gasteiger partial charge is 0.408 e. The van der Waals surface area contributed by atoms with Crippen molar-refractivity contribution in [1.82, 2.24) is 16.0 Å². The van der Waals surface area contributed by atoms with Gasteiger partial charge in [-0.15, -0.1) is 0 Å². The van der Waals surface area contributed by atoms with E-state index < -0.39 is 47.0 Å². The number of non-ortho nitro benzene ring substituents is 1. The van der Waals surface area contributed by atoms with Crippen molar-refractivity contribution in [2.24, 2.45) is 0 Å². The second-order valence-electron chi connectivity index (χ2n) is 7.63. The predicted molar refractivity (Wildman–Crippen MR) is 113 cm³/mol. The Bertz CT molecular complexity index is 833. The average Bonchev–Trinajstić information content (AvgIpc) is 2.69. The molecule has 0 aliphatic carbocycles. The molecule has 0 aliphatic rings. The molecule has 0 fully saturated rings. The average molecular weight is 452 g/mol. The highest BCUT2D eigenvalue weighted by molar-refractivity contribution is 5.90. The fourth-order valence-corrected chi connectivity index (χ4v) is 2.38. The SMILES string of the molecule is CCOC(=O)CNC(=O)CNC(=O)[C@H](Cc1ccc([N+](=O)[O-])cc1)NC(=O)OC(C)(C)C. The van der Waals surface area contributed by atoms with Gasteiger partial charge >= 0.3 is 12.1 Å². The van der Waals surface area contributed by atoms with E-state index in [0.717, 1.165) is 0 Å². The van der Waals surface area contributed by atoms with E-state index in [9.17, 15) is 29.3 Å². The van der Waals surface area contributed by atoms with Gasteiger partial charge in [-0.1, -0.05) is 12.1 Å². The third-order valence-electron chi connectivity index (χ3n) is 3.75. The topological polar surface area (TPSA) is 166 Å². The predicted octanol–water partition coefficient (Wildman–Crippen LogP) is 0.826. The van der Waals surface area contributed by atoms with Crippen LogP contribution in [0.15, 0.2) is 24.3 Å². The van der Waals surface area contributed by atoms with Crippen molar-refractivity contribution >= 4 is 29.6 Å². The van der Waals surface area contributed by atoms with Gasteiger partial charge in [0.15, 0.2) is 0 Å². The van der Waals surface area contributed by atoms with Crippen molar-refractivity contribution in [1.29, 1.82) is 0 Å². The van der Waals surface area contributed by atoms with Crippen LogP contribution < -0.4 is 16.0 Å². The minimum atomic E-state index is -1.12. The summed E-state index contributed by atoms with van der Waals surface area (Å²) in [4.78, 5) is 58.1. The molecule has 3 N–H and O–H groups in total. The van der Waals surface area contributed by atoms with Gasteiger partial charge in [0.25, 0.3) is 5.69 Å². The fourth-order valence-electron chi connectivity index (χ4n) is 2.38. The molecule has 12 heteroatoms. The minimum Gasteiger partial charge on any atom is -0.465 e. The number of carbonyl (C=O) groups is 4. The number of rotatable bonds is 10. The van der Waals surface area contributed by atoms with E-state index in [1.54, 1.807) is 27.7 Å². The Labute approximate surface area is 185 Å². The van der Waals surface area contributed by atoms with Gasteiger partial charge in [0.1, 0.15) is 18.2 Å². The van der Waals surface area contributed by atoms with Crippen LogP contribution in [-0.4, -0.2) is 60.1 Å². The van der Waals surface area contributed by atoms with Crippen LogP contribution in [-0.2, 0) is 30.3 Å². The molecule has 1 atom stereocenters. The van der Waals surface area contributed by atoms with Crippen LogP contribution in [0.1, 0.15) is 33.3 Å². The molecule has 0 bridgehead atoms. The molecule has 0 radical (unpaired) electrons. The number of carbonyl (C=O) groups excluding carboxylic acids is 4. The molecule has 32 heavy (non-hydrogen) atoms. The van der Waals surface area contributed by atoms with Crippen LogP contribution >= 0.6 is 0 Å². The maximum atomic E-state index is 12.6. The van der Waals surface area contributed by atoms with Crippen molar-refractivity contribution in [3.05, 3.63) is 39.9 Å². The zero-order chi connectivity index (χ0) is 24.3. The Kier molecular flexibility index (Phi) is 10.1. The zero-order valence-electron chi connectivity index (χ0n) is 18.4. The largest absolute Gasteiger partial charge is 0.465 e. The van der Waals surface area contributed by atoms with E-state index >= 15 is 0 Å². The van der Waals surface area contributed by atoms with E-state index in [2.05, 4.69) is 20.7 Å². The number of alkyl carbamates (subject to hydrolysis) is 1. The molecule has 0 spiro atoms. The molecule has 12 nitrogen and oxygen atoms in total. The maximum Gasteiger partial charge on any atom is 0.408 e. The fraction of sp³-hybridized carbons (Fsp3) is 0.500. The van der Waals surface area contributed by atoms with Gasteiger partial charge in [0.05, 0.1) is 18.1 Å². The van der Waals surface area contributed by atoms with Crippen molar-refractivity contribution in [3.63, 3.8) is 0 Å². The molecule has 0 aliphatic heterocycles. The summed E-state index contributed by atoms with van der Waals surface area (Å²) in [6, 6.07) is 4.35. The quantitative estimate of drug-likeness (QED) is 0.267. The van der Waals surface area contributed by atoms with Crippen LogP contribution in [0.25, 0.3) is 0 Å². The van der Waals surface area contributed by atoms with Crippen LogP contribution in [0.4, 0.5) is 10.5 Å². The van der Waals surface area contributed by atoms with E-state index in [1.807, 2.05) is 0 Å². The molecule has 0 heterocycles. The molecule has 0 aromatic heterocycles. The summed E-state index contributed by atoms with van der Waals surface area (Å²) in [6.45, 7) is 5.99. The third kappa shape index (κ3) is 10.4. The summed E-state index contributed by atoms with van der Waals surface area (Å²) in [5.74, 6) is -1.92. The number of ether oxygens (including phenoxy) is 2. The van der Waals surface area contributed by atoms with Crippen molar-refractivity contribution < 1.29 is 33.6 Å². The number of amides is 3. The molecule has 0 saturated carbocycles. The molecule has 3 amide bonds. The molecule has 176 valence electrons. The first kappa shape index (κ1) is 26.3. The number of nitro benzene ring substituents is 1. The first-order valence-electron chi connectivity index (χ1n) is 9.84. The number of hydrogen-bond donors (Lipinski definition) is 3. The Morgan fingerprint density at radius 2 is 1.69 bits per heavy atom. The van der Waals surface area contributed by atoms with E-state index in [-0.39, 0.29) is 25.3 Å². The first-order chi connectivity index (χ1) is 14.9. The number of nitro groups is 1. The normalized spacial score (nSPS) is 11.6. The molecule has 1 aromatic rings. The van der Waals surface area contributed by atoms with Gasteiger partial charge in [-0.3, -0.25) is 24.5 Å². The zero-order valence-corrected chi connectivity index (χ0v) is 18.4. The summed E-state index contributed by atoms with van der Waals surface area (Å²) in [6.07, 6.45) is -0.848. The standard InChI is InChI=1S/C20H28N4O8/c1-5-31-17(26)12-21-16(25)11-22-18(27)15(23-19(28)32-20(2,3)4)10-13-6-8-14(9-7-13)24(29)30/h6-9,15H,5,10-12H2,1-4H3,(H,21,25)(H,22,27)(H,23,28)/t15-/m0/s1. The number of nitrogens with zero attached hydrogens (tertiary/aromatic N) is 1. The molecule has 1 aromatic carbocycles. The van der Waals surface area contributed by atoms with Gasteiger partial charge in [-0.2, -0.15) is 0 Å². The maximum absolute atomic E-state index is 12.6. The summed E-state index contributed by atoms with van der Waals surface area (Å²) >= 11 is 0. The Balaban J connectivity index is 2.79. The molecular weight excluding hydrogens is 424 g/mol. The van der Waals surface area contributed by atoms with E-state index in [1.165, 1.54) is 24.3 Å². The second-order valence-corrected chi connectivity index (χ2v) is 7.63. The Hall–Kier alpha value is -3.70. The lowest BCUT2D eigenvalue weighted by Gasteiger charge is -2.23. The molecular formula is C20H28N4O8. The lowest BCUT2D eigenvalue weighted by Crippen LogP contribution is -2.51. The first-order valence-corrected chi connectivity index (χ1v) is 9.84. The lowest BCUT2D eigenvalue weighted by molar-refractivity contribution is -0.384. The van der Waals surface area contributed by atoms with Gasteiger partial charge in [0, 0.05) is 18.6 Å². The summed E-state index contributed by atoms with van der Waals surface area (Å²) < 4.78 is 9.85. The van der Waals surface area contributed by atoms with Crippen LogP contribution in [0.3, 0.4) is 0 Å². The molecule has 0 unspecified atom stereocenters. The second kappa shape index (κ2) is 12.2. The highest BCUT2D eigenvalue weighted by Gasteiger charge is 2.25. The van der Waals surface area contributed by atoms with E-state index in [4.69, 9.17) is 4.74 Å². The van der Waals surface area contributed by atoms with Gasteiger partial charge < -0.3 is 25.4 Å². The Morgan fingerprint density at radius 3 is 2.22 bits per heavy atom. The van der Waals surface area contributed by atoms with Gasteiger partial charge in [-0.05, 0) is 33.3 Å². The monoisotopic (exact) mass is 452 g/mol. The highest BCUT2D eigenvalue weighted by atomic mass is 16.6. The minimum absolute atomic E-state index is 0.00643. The van der Waals surface area contributed by atoms with Crippen molar-refractivity contribution in [2.75, 3.05) is 19.7 Å². The summed E-state index contributed by atoms with van der Waals surface area (Å²) in [7, 11) is 0. The number of benzene rings is 1. The van der Waals surface area contributed by atoms with E-state index in [0.29, 0.717) is 5.56 Å². The van der Waals surface area contributed by atoms with Crippen LogP contribution in [0.2, 0.25) is 0 Å². The third-order valence-corrected chi connectivity index (χ3v) is 3.75. The number of esters is 1. The molecule has 1 rings (SSSR count). The number of hydrogen-bond acceptors (Lipinski definition) is 8. The highest BCUT2D eigenvalue weighted by Crippen LogP contribution is 2.14. The van der Waals surface area contributed by atoms with Crippen molar-refractivity contribution in [3.8, 4) is 0 Å². The van der Waals surface area contributed by atoms with Crippen LogP contribution in [0.5, 0.6) is 0 Å². The molecule has 0 saturated heterocycles.